The van der Waals surface area contributed by atoms with E-state index < -0.39 is 21.9 Å². The molecule has 2 aromatic rings. The third-order valence-corrected chi connectivity index (χ3v) is 6.07. The topological polar surface area (TPSA) is 117 Å². The molecule has 9 heteroatoms. The van der Waals surface area contributed by atoms with Crippen molar-refractivity contribution in [3.63, 3.8) is 0 Å². The molecular weight excluding hydrogens is 370 g/mol. The van der Waals surface area contributed by atoms with Gasteiger partial charge in [-0.3, -0.25) is 9.78 Å². The van der Waals surface area contributed by atoms with Gasteiger partial charge in [-0.25, -0.2) is 13.2 Å². The molecule has 0 aliphatic heterocycles. The lowest BCUT2D eigenvalue weighted by atomic mass is 10.2. The summed E-state index contributed by atoms with van der Waals surface area (Å²) in [7, 11) is -2.04. The molecule has 0 radical (unpaired) electrons. The molecule has 0 aliphatic rings. The minimum absolute atomic E-state index is 0.00680. The van der Waals surface area contributed by atoms with E-state index in [2.05, 4.69) is 10.3 Å². The van der Waals surface area contributed by atoms with Crippen LogP contribution in [0.5, 0.6) is 0 Å². The molecule has 144 valence electrons. The lowest BCUT2D eigenvalue weighted by molar-refractivity contribution is 0.0696. The Balaban J connectivity index is 2.06. The number of carbonyl (C=O) groups is 2. The fourth-order valence-electron chi connectivity index (χ4n) is 2.18. The molecule has 0 atom stereocenters. The molecule has 0 aliphatic carbocycles. The van der Waals surface area contributed by atoms with Crippen LogP contribution >= 0.6 is 0 Å². The summed E-state index contributed by atoms with van der Waals surface area (Å²) >= 11 is 0. The van der Waals surface area contributed by atoms with Crippen molar-refractivity contribution in [3.8, 4) is 0 Å². The van der Waals surface area contributed by atoms with Crippen LogP contribution in [0, 0.1) is 0 Å². The average Bonchev–Trinajstić information content (AvgIpc) is 2.65. The van der Waals surface area contributed by atoms with Gasteiger partial charge in [0.1, 0.15) is 5.69 Å². The highest BCUT2D eigenvalue weighted by Crippen LogP contribution is 2.17. The zero-order valence-corrected chi connectivity index (χ0v) is 16.0. The molecular formula is C18H21N3O5S. The van der Waals surface area contributed by atoms with E-state index in [0.717, 1.165) is 0 Å². The first-order chi connectivity index (χ1) is 12.6. The molecule has 1 aromatic heterocycles. The third kappa shape index (κ3) is 4.89. The number of benzene rings is 1. The van der Waals surface area contributed by atoms with Gasteiger partial charge in [-0.1, -0.05) is 12.1 Å². The largest absolute Gasteiger partial charge is 0.478 e. The van der Waals surface area contributed by atoms with Crippen LogP contribution in [-0.4, -0.2) is 47.8 Å². The number of aromatic nitrogens is 1. The maximum Gasteiger partial charge on any atom is 0.335 e. The first-order valence-electron chi connectivity index (χ1n) is 8.17. The molecule has 1 aromatic carbocycles. The van der Waals surface area contributed by atoms with E-state index in [1.165, 1.54) is 41.8 Å². The second-order valence-corrected chi connectivity index (χ2v) is 8.17. The first kappa shape index (κ1) is 20.5. The van der Waals surface area contributed by atoms with Crippen molar-refractivity contribution >= 4 is 21.9 Å². The van der Waals surface area contributed by atoms with Crippen LogP contribution in [0.4, 0.5) is 0 Å². The van der Waals surface area contributed by atoms with Gasteiger partial charge in [-0.2, -0.15) is 4.31 Å². The van der Waals surface area contributed by atoms with Gasteiger partial charge in [0.25, 0.3) is 5.91 Å². The van der Waals surface area contributed by atoms with Crippen LogP contribution in [0.3, 0.4) is 0 Å². The zero-order valence-electron chi connectivity index (χ0n) is 15.2. The van der Waals surface area contributed by atoms with E-state index in [1.807, 2.05) is 0 Å². The van der Waals surface area contributed by atoms with Crippen molar-refractivity contribution in [1.82, 2.24) is 14.6 Å². The van der Waals surface area contributed by atoms with Crippen molar-refractivity contribution in [3.05, 3.63) is 59.4 Å². The van der Waals surface area contributed by atoms with Gasteiger partial charge >= 0.3 is 5.97 Å². The number of carboxylic acid groups (broad SMARTS) is 1. The average molecular weight is 391 g/mol. The highest BCUT2D eigenvalue weighted by Gasteiger charge is 2.22. The molecule has 0 saturated carbocycles. The normalized spacial score (nSPS) is 11.6. The minimum atomic E-state index is -3.56. The van der Waals surface area contributed by atoms with Crippen LogP contribution in [0.2, 0.25) is 0 Å². The van der Waals surface area contributed by atoms with E-state index >= 15 is 0 Å². The summed E-state index contributed by atoms with van der Waals surface area (Å²) in [6.07, 6.45) is 1.25. The minimum Gasteiger partial charge on any atom is -0.478 e. The van der Waals surface area contributed by atoms with Crippen LogP contribution < -0.4 is 5.32 Å². The zero-order chi connectivity index (χ0) is 20.2. The number of carboxylic acids is 1. The quantitative estimate of drug-likeness (QED) is 0.742. The van der Waals surface area contributed by atoms with Gasteiger partial charge in [0.05, 0.1) is 10.5 Å². The lowest BCUT2D eigenvalue weighted by Gasteiger charge is -2.21. The Labute approximate surface area is 157 Å². The second kappa shape index (κ2) is 8.28. The SMILES string of the molecule is CC(C)N(C)S(=O)(=O)c1ccc(CNC(=O)c2cc(C(=O)O)ccn2)cc1. The number of nitrogens with one attached hydrogen (secondary N) is 1. The van der Waals surface area contributed by atoms with Crippen molar-refractivity contribution < 1.29 is 23.1 Å². The predicted octanol–water partition coefficient (Wildman–Crippen LogP) is 1.74. The summed E-state index contributed by atoms with van der Waals surface area (Å²) in [5, 5.41) is 11.6. The molecule has 8 nitrogen and oxygen atoms in total. The molecule has 0 fully saturated rings. The van der Waals surface area contributed by atoms with Gasteiger partial charge < -0.3 is 10.4 Å². The fraction of sp³-hybridized carbons (Fsp3) is 0.278. The summed E-state index contributed by atoms with van der Waals surface area (Å²) in [5.41, 5.74) is 0.663. The van der Waals surface area contributed by atoms with Crippen molar-refractivity contribution in [1.29, 1.82) is 0 Å². The number of rotatable bonds is 7. The lowest BCUT2D eigenvalue weighted by Crippen LogP contribution is -2.33. The summed E-state index contributed by atoms with van der Waals surface area (Å²) in [6, 6.07) is 8.52. The van der Waals surface area contributed by atoms with Gasteiger partial charge in [-0.15, -0.1) is 0 Å². The number of amides is 1. The van der Waals surface area contributed by atoms with E-state index in [4.69, 9.17) is 5.11 Å². The maximum absolute atomic E-state index is 12.4. The Bertz CT molecular complexity index is 940. The number of sulfonamides is 1. The maximum atomic E-state index is 12.4. The summed E-state index contributed by atoms with van der Waals surface area (Å²) in [6.45, 7) is 3.72. The summed E-state index contributed by atoms with van der Waals surface area (Å²) in [4.78, 5) is 27.1. The fourth-order valence-corrected chi connectivity index (χ4v) is 3.55. The summed E-state index contributed by atoms with van der Waals surface area (Å²) in [5.74, 6) is -1.66. The monoisotopic (exact) mass is 391 g/mol. The number of carbonyl (C=O) groups excluding carboxylic acids is 1. The Morgan fingerprint density at radius 3 is 2.37 bits per heavy atom. The second-order valence-electron chi connectivity index (χ2n) is 6.18. The molecule has 1 amide bonds. The molecule has 27 heavy (non-hydrogen) atoms. The molecule has 1 heterocycles. The Kier molecular flexibility index (Phi) is 6.29. The number of hydrogen-bond acceptors (Lipinski definition) is 5. The van der Waals surface area contributed by atoms with Crippen LogP contribution in [-0.2, 0) is 16.6 Å². The molecule has 2 rings (SSSR count). The van der Waals surface area contributed by atoms with Crippen LogP contribution in [0.25, 0.3) is 0 Å². The van der Waals surface area contributed by atoms with Gasteiger partial charge in [0.2, 0.25) is 10.0 Å². The Hall–Kier alpha value is -2.78. The standard InChI is InChI=1S/C18H21N3O5S/c1-12(2)21(3)27(25,26)15-6-4-13(5-7-15)11-20-17(22)16-10-14(18(23)24)8-9-19-16/h4-10,12H,11H2,1-3H3,(H,20,22)(H,23,24). The Morgan fingerprint density at radius 1 is 1.19 bits per heavy atom. The van der Waals surface area contributed by atoms with E-state index in [1.54, 1.807) is 26.0 Å². The number of hydrogen-bond donors (Lipinski definition) is 2. The number of pyridine rings is 1. The van der Waals surface area contributed by atoms with Gasteiger partial charge in [-0.05, 0) is 43.7 Å². The number of nitrogens with zero attached hydrogens (tertiary/aromatic N) is 2. The smallest absolute Gasteiger partial charge is 0.335 e. The van der Waals surface area contributed by atoms with Crippen LogP contribution in [0.15, 0.2) is 47.5 Å². The predicted molar refractivity (Wildman–Crippen MR) is 98.9 cm³/mol. The van der Waals surface area contributed by atoms with Crippen molar-refractivity contribution in [2.24, 2.45) is 0 Å². The third-order valence-electron chi connectivity index (χ3n) is 4.02. The van der Waals surface area contributed by atoms with E-state index in [-0.39, 0.29) is 28.7 Å². The van der Waals surface area contributed by atoms with Gasteiger partial charge in [0.15, 0.2) is 0 Å². The molecule has 0 spiro atoms. The molecule has 2 N–H and O–H groups in total. The van der Waals surface area contributed by atoms with Gasteiger partial charge in [0, 0.05) is 25.8 Å². The molecule has 0 bridgehead atoms. The summed E-state index contributed by atoms with van der Waals surface area (Å²) < 4.78 is 26.1. The number of aromatic carboxylic acids is 1. The first-order valence-corrected chi connectivity index (χ1v) is 9.61. The Morgan fingerprint density at radius 2 is 1.81 bits per heavy atom. The molecule has 0 unspecified atom stereocenters. The van der Waals surface area contributed by atoms with E-state index in [9.17, 15) is 18.0 Å². The van der Waals surface area contributed by atoms with Crippen LogP contribution in [0.1, 0.15) is 40.3 Å². The highest BCUT2D eigenvalue weighted by atomic mass is 32.2. The highest BCUT2D eigenvalue weighted by molar-refractivity contribution is 7.89. The van der Waals surface area contributed by atoms with Crippen molar-refractivity contribution in [2.45, 2.75) is 31.3 Å². The molecule has 0 saturated heterocycles. The van der Waals surface area contributed by atoms with E-state index in [0.29, 0.717) is 5.56 Å². The van der Waals surface area contributed by atoms with Crippen molar-refractivity contribution in [2.75, 3.05) is 7.05 Å².